The SMILES string of the molecule is CCC(C)(C)C(=O)OCC[Te]C. The van der Waals surface area contributed by atoms with E-state index in [1.54, 1.807) is 0 Å². The van der Waals surface area contributed by atoms with Gasteiger partial charge in [0.25, 0.3) is 0 Å². The zero-order valence-electron chi connectivity index (χ0n) is 8.35. The van der Waals surface area contributed by atoms with Crippen LogP contribution in [0.3, 0.4) is 0 Å². The van der Waals surface area contributed by atoms with Gasteiger partial charge in [-0.3, -0.25) is 0 Å². The van der Waals surface area contributed by atoms with E-state index < -0.39 is 0 Å². The van der Waals surface area contributed by atoms with Gasteiger partial charge in [0.1, 0.15) is 0 Å². The van der Waals surface area contributed by atoms with Crippen molar-refractivity contribution >= 4 is 26.9 Å². The molecule has 12 heavy (non-hydrogen) atoms. The van der Waals surface area contributed by atoms with Crippen LogP contribution in [-0.4, -0.2) is 33.5 Å². The van der Waals surface area contributed by atoms with Crippen LogP contribution in [0, 0.1) is 5.41 Å². The summed E-state index contributed by atoms with van der Waals surface area (Å²) in [4.78, 5) is 13.6. The maximum atomic E-state index is 11.4. The molecule has 0 heterocycles. The molecule has 0 spiro atoms. The van der Waals surface area contributed by atoms with Crippen LogP contribution >= 0.6 is 0 Å². The molecule has 0 rings (SSSR count). The van der Waals surface area contributed by atoms with E-state index in [4.69, 9.17) is 4.74 Å². The van der Waals surface area contributed by atoms with Gasteiger partial charge in [0.05, 0.1) is 0 Å². The minimum absolute atomic E-state index is 0.0501. The number of esters is 1. The molecule has 0 amide bonds. The Labute approximate surface area is 85.1 Å². The zero-order valence-corrected chi connectivity index (χ0v) is 10.7. The fourth-order valence-electron chi connectivity index (χ4n) is 0.557. The quantitative estimate of drug-likeness (QED) is 0.439. The first-order valence-corrected chi connectivity index (χ1v) is 8.18. The van der Waals surface area contributed by atoms with Crippen molar-refractivity contribution in [1.82, 2.24) is 0 Å². The van der Waals surface area contributed by atoms with Crippen LogP contribution in [0.15, 0.2) is 0 Å². The van der Waals surface area contributed by atoms with E-state index in [2.05, 4.69) is 4.97 Å². The second-order valence-corrected chi connectivity index (χ2v) is 6.18. The number of ether oxygens (including phenoxy) is 1. The van der Waals surface area contributed by atoms with E-state index in [9.17, 15) is 4.79 Å². The Morgan fingerprint density at radius 1 is 1.50 bits per heavy atom. The van der Waals surface area contributed by atoms with Crippen LogP contribution in [0.4, 0.5) is 0 Å². The second-order valence-electron chi connectivity index (χ2n) is 3.37. The number of hydrogen-bond acceptors (Lipinski definition) is 2. The molecule has 0 unspecified atom stereocenters. The number of rotatable bonds is 5. The molecular formula is C9H18O2Te. The summed E-state index contributed by atoms with van der Waals surface area (Å²) in [5, 5.41) is 0. The van der Waals surface area contributed by atoms with Crippen molar-refractivity contribution in [2.24, 2.45) is 5.41 Å². The topological polar surface area (TPSA) is 26.3 Å². The van der Waals surface area contributed by atoms with Gasteiger partial charge in [-0.2, -0.15) is 0 Å². The van der Waals surface area contributed by atoms with Gasteiger partial charge in [0, 0.05) is 0 Å². The summed E-state index contributed by atoms with van der Waals surface area (Å²) >= 11 is 0.109. The third kappa shape index (κ3) is 4.33. The first-order chi connectivity index (χ1) is 5.54. The van der Waals surface area contributed by atoms with Crippen molar-refractivity contribution in [3.8, 4) is 0 Å². The van der Waals surface area contributed by atoms with Gasteiger partial charge in [-0.25, -0.2) is 0 Å². The normalized spacial score (nSPS) is 11.3. The number of carbonyl (C=O) groups is 1. The molecule has 0 radical (unpaired) electrons. The third-order valence-corrected chi connectivity index (χ3v) is 3.60. The summed E-state index contributed by atoms with van der Waals surface area (Å²) in [6.45, 7) is 6.49. The van der Waals surface area contributed by atoms with Crippen molar-refractivity contribution in [3.63, 3.8) is 0 Å². The molecule has 0 aromatic heterocycles. The van der Waals surface area contributed by atoms with Crippen LogP contribution in [0.2, 0.25) is 9.44 Å². The molecule has 0 aliphatic heterocycles. The summed E-state index contributed by atoms with van der Waals surface area (Å²) in [5.74, 6) is -0.0501. The molecule has 0 saturated heterocycles. The maximum absolute atomic E-state index is 11.4. The van der Waals surface area contributed by atoms with E-state index in [0.29, 0.717) is 6.61 Å². The van der Waals surface area contributed by atoms with Gasteiger partial charge in [0.2, 0.25) is 0 Å². The summed E-state index contributed by atoms with van der Waals surface area (Å²) in [6, 6.07) is 0. The van der Waals surface area contributed by atoms with Gasteiger partial charge in [-0.05, 0) is 0 Å². The molecule has 0 atom stereocenters. The van der Waals surface area contributed by atoms with Crippen LogP contribution in [-0.2, 0) is 9.53 Å². The Kier molecular flexibility index (Phi) is 5.95. The summed E-state index contributed by atoms with van der Waals surface area (Å²) in [6.07, 6.45) is 0.842. The molecule has 0 aliphatic rings. The van der Waals surface area contributed by atoms with Crippen LogP contribution in [0.1, 0.15) is 27.2 Å². The molecular weight excluding hydrogens is 268 g/mol. The van der Waals surface area contributed by atoms with Gasteiger partial charge in [-0.15, -0.1) is 0 Å². The average molecular weight is 286 g/mol. The van der Waals surface area contributed by atoms with Gasteiger partial charge < -0.3 is 0 Å². The second kappa shape index (κ2) is 5.83. The predicted molar refractivity (Wildman–Crippen MR) is 51.5 cm³/mol. The summed E-state index contributed by atoms with van der Waals surface area (Å²) in [5.41, 5.74) is -0.297. The van der Waals surface area contributed by atoms with Gasteiger partial charge in [-0.1, -0.05) is 0 Å². The minimum atomic E-state index is -0.297. The van der Waals surface area contributed by atoms with E-state index in [1.165, 1.54) is 0 Å². The Hall–Kier alpha value is 0.260. The average Bonchev–Trinajstić information content (AvgIpc) is 2.05. The molecule has 0 aromatic carbocycles. The van der Waals surface area contributed by atoms with Crippen molar-refractivity contribution < 1.29 is 9.53 Å². The molecule has 72 valence electrons. The predicted octanol–water partition coefficient (Wildman–Crippen LogP) is 2.14. The Morgan fingerprint density at radius 3 is 2.50 bits per heavy atom. The first-order valence-electron chi connectivity index (χ1n) is 4.20. The van der Waals surface area contributed by atoms with Crippen molar-refractivity contribution in [3.05, 3.63) is 0 Å². The molecule has 2 nitrogen and oxygen atoms in total. The van der Waals surface area contributed by atoms with E-state index >= 15 is 0 Å². The standard InChI is InChI=1S/C9H18O2Te/c1-5-9(2,3)8(10)11-6-7-12-4/h5-7H2,1-4H3. The molecule has 0 aromatic rings. The fourth-order valence-corrected chi connectivity index (χ4v) is 1.27. The number of carbonyl (C=O) groups excluding carboxylic acids is 1. The van der Waals surface area contributed by atoms with Crippen LogP contribution in [0.5, 0.6) is 0 Å². The number of hydrogen-bond donors (Lipinski definition) is 0. The fraction of sp³-hybridized carbons (Fsp3) is 0.889. The van der Waals surface area contributed by atoms with Crippen molar-refractivity contribution in [2.75, 3.05) is 6.61 Å². The van der Waals surface area contributed by atoms with Crippen LogP contribution < -0.4 is 0 Å². The van der Waals surface area contributed by atoms with Gasteiger partial charge >= 0.3 is 85.1 Å². The van der Waals surface area contributed by atoms with Crippen LogP contribution in [0.25, 0.3) is 0 Å². The molecule has 0 fully saturated rings. The monoisotopic (exact) mass is 288 g/mol. The van der Waals surface area contributed by atoms with Crippen molar-refractivity contribution in [2.45, 2.75) is 36.6 Å². The molecule has 3 heteroatoms. The Bertz CT molecular complexity index is 143. The Balaban J connectivity index is 3.72. The Morgan fingerprint density at radius 2 is 2.08 bits per heavy atom. The van der Waals surface area contributed by atoms with Crippen molar-refractivity contribution in [1.29, 1.82) is 0 Å². The zero-order chi connectivity index (χ0) is 9.61. The molecule has 0 bridgehead atoms. The van der Waals surface area contributed by atoms with E-state index in [1.807, 2.05) is 20.8 Å². The first kappa shape index (κ1) is 12.3. The molecule has 0 saturated carbocycles. The summed E-state index contributed by atoms with van der Waals surface area (Å²) < 4.78 is 6.23. The summed E-state index contributed by atoms with van der Waals surface area (Å²) in [7, 11) is 0. The van der Waals surface area contributed by atoms with E-state index in [-0.39, 0.29) is 32.3 Å². The van der Waals surface area contributed by atoms with Gasteiger partial charge in [0.15, 0.2) is 0 Å². The molecule has 0 aliphatic carbocycles. The van der Waals surface area contributed by atoms with E-state index in [0.717, 1.165) is 10.9 Å². The molecule has 0 N–H and O–H groups in total. The third-order valence-electron chi connectivity index (χ3n) is 1.96.